The molecule has 0 atom stereocenters. The van der Waals surface area contributed by atoms with Crippen LogP contribution in [0, 0.1) is 0 Å². The lowest BCUT2D eigenvalue weighted by Crippen LogP contribution is -2.34. The van der Waals surface area contributed by atoms with Crippen LogP contribution < -0.4 is 15.4 Å². The van der Waals surface area contributed by atoms with E-state index in [1.807, 2.05) is 50.2 Å². The summed E-state index contributed by atoms with van der Waals surface area (Å²) in [5, 5.41) is 14.1. The number of fused-ring (bicyclic) bond motifs is 1. The predicted molar refractivity (Wildman–Crippen MR) is 116 cm³/mol. The van der Waals surface area contributed by atoms with Crippen molar-refractivity contribution in [1.82, 2.24) is 25.5 Å². The smallest absolute Gasteiger partial charge is 0.258 e. The van der Waals surface area contributed by atoms with Crippen molar-refractivity contribution in [3.05, 3.63) is 60.9 Å². The number of hydrogen-bond acceptors (Lipinski definition) is 6. The van der Waals surface area contributed by atoms with Gasteiger partial charge in [0, 0.05) is 28.9 Å². The minimum Gasteiger partial charge on any atom is -0.484 e. The minimum absolute atomic E-state index is 0.0194. The fourth-order valence-electron chi connectivity index (χ4n) is 2.95. The third-order valence-corrected chi connectivity index (χ3v) is 4.30. The fourth-order valence-corrected chi connectivity index (χ4v) is 2.95. The van der Waals surface area contributed by atoms with E-state index in [1.54, 1.807) is 24.5 Å². The monoisotopic (exact) mass is 402 g/mol. The maximum Gasteiger partial charge on any atom is 0.258 e. The van der Waals surface area contributed by atoms with Gasteiger partial charge in [-0.3, -0.25) is 9.89 Å². The average Bonchev–Trinajstić information content (AvgIpc) is 3.20. The molecule has 0 aliphatic heterocycles. The van der Waals surface area contributed by atoms with Gasteiger partial charge in [0.25, 0.3) is 5.91 Å². The number of nitrogens with zero attached hydrogens (tertiary/aromatic N) is 3. The zero-order valence-electron chi connectivity index (χ0n) is 16.7. The molecule has 1 amide bonds. The third kappa shape index (κ3) is 4.72. The topological polar surface area (TPSA) is 105 Å². The number of carbonyl (C=O) groups excluding carboxylic acids is 1. The molecule has 152 valence electrons. The zero-order chi connectivity index (χ0) is 20.9. The molecule has 2 aromatic heterocycles. The molecule has 0 aliphatic carbocycles. The first-order valence-corrected chi connectivity index (χ1v) is 9.62. The van der Waals surface area contributed by atoms with Gasteiger partial charge in [-0.15, -0.1) is 0 Å². The van der Waals surface area contributed by atoms with Gasteiger partial charge in [-0.1, -0.05) is 0 Å². The molecule has 30 heavy (non-hydrogen) atoms. The molecule has 2 aromatic carbocycles. The lowest BCUT2D eigenvalue weighted by Gasteiger charge is -2.10. The summed E-state index contributed by atoms with van der Waals surface area (Å²) in [5.74, 6) is 1.74. The van der Waals surface area contributed by atoms with Crippen molar-refractivity contribution in [3.63, 3.8) is 0 Å². The Balaban J connectivity index is 1.43. The maximum atomic E-state index is 11.7. The van der Waals surface area contributed by atoms with Crippen LogP contribution in [0.2, 0.25) is 0 Å². The molecule has 8 nitrogen and oxygen atoms in total. The summed E-state index contributed by atoms with van der Waals surface area (Å²) in [4.78, 5) is 20.6. The number of nitrogens with one attached hydrogen (secondary N) is 3. The number of H-pyrrole nitrogens is 1. The Kier molecular flexibility index (Phi) is 5.56. The lowest BCUT2D eigenvalue weighted by atomic mass is 10.2. The van der Waals surface area contributed by atoms with Crippen molar-refractivity contribution >= 4 is 28.3 Å². The maximum absolute atomic E-state index is 11.7. The van der Waals surface area contributed by atoms with Crippen LogP contribution in [-0.2, 0) is 4.79 Å². The summed E-state index contributed by atoms with van der Waals surface area (Å²) in [5.41, 5.74) is 2.74. The van der Waals surface area contributed by atoms with Crippen molar-refractivity contribution in [2.24, 2.45) is 0 Å². The highest BCUT2D eigenvalue weighted by Crippen LogP contribution is 2.23. The molecule has 0 aliphatic rings. The van der Waals surface area contributed by atoms with E-state index in [2.05, 4.69) is 30.8 Å². The van der Waals surface area contributed by atoms with Crippen LogP contribution in [0.25, 0.3) is 22.3 Å². The second kappa shape index (κ2) is 8.60. The van der Waals surface area contributed by atoms with E-state index in [0.717, 1.165) is 22.2 Å². The summed E-state index contributed by atoms with van der Waals surface area (Å²) in [7, 11) is 0. The highest BCUT2D eigenvalue weighted by Gasteiger charge is 2.07. The molecule has 0 saturated carbocycles. The normalized spacial score (nSPS) is 10.9. The summed E-state index contributed by atoms with van der Waals surface area (Å²) in [6.07, 6.45) is 3.49. The molecule has 8 heteroatoms. The van der Waals surface area contributed by atoms with E-state index in [1.165, 1.54) is 0 Å². The SMILES string of the molecule is CC(C)NC(=O)COc1ccc(-c2nccc(Nc3ccc4[nH]ncc4c3)n2)cc1. The molecule has 4 aromatic rings. The Morgan fingerprint density at radius 1 is 1.13 bits per heavy atom. The molecule has 0 radical (unpaired) electrons. The van der Waals surface area contributed by atoms with Gasteiger partial charge in [0.2, 0.25) is 0 Å². The standard InChI is InChI=1S/C22H22N6O2/c1-14(2)25-21(29)13-30-18-6-3-15(4-7-18)22-23-10-9-20(27-22)26-17-5-8-19-16(11-17)12-24-28-19/h3-12,14H,13H2,1-2H3,(H,24,28)(H,25,29)(H,23,26,27). The molecule has 4 rings (SSSR count). The molecule has 2 heterocycles. The highest BCUT2D eigenvalue weighted by atomic mass is 16.5. The van der Waals surface area contributed by atoms with Gasteiger partial charge in [-0.05, 0) is 62.4 Å². The van der Waals surface area contributed by atoms with Gasteiger partial charge < -0.3 is 15.4 Å². The van der Waals surface area contributed by atoms with E-state index < -0.39 is 0 Å². The van der Waals surface area contributed by atoms with Gasteiger partial charge in [0.1, 0.15) is 11.6 Å². The largest absolute Gasteiger partial charge is 0.484 e. The number of carbonyl (C=O) groups is 1. The van der Waals surface area contributed by atoms with Crippen LogP contribution in [0.4, 0.5) is 11.5 Å². The Labute approximate surface area is 173 Å². The Bertz CT molecular complexity index is 1150. The van der Waals surface area contributed by atoms with Crippen LogP contribution in [-0.4, -0.2) is 38.7 Å². The van der Waals surface area contributed by atoms with Gasteiger partial charge in [0.05, 0.1) is 11.7 Å². The zero-order valence-corrected chi connectivity index (χ0v) is 16.7. The molecule has 0 fully saturated rings. The molecule has 3 N–H and O–H groups in total. The number of ether oxygens (including phenoxy) is 1. The Morgan fingerprint density at radius 3 is 2.77 bits per heavy atom. The predicted octanol–water partition coefficient (Wildman–Crippen LogP) is 3.67. The van der Waals surface area contributed by atoms with Crippen molar-refractivity contribution in [3.8, 4) is 17.1 Å². The van der Waals surface area contributed by atoms with Crippen molar-refractivity contribution in [2.75, 3.05) is 11.9 Å². The molecule has 0 unspecified atom stereocenters. The number of benzene rings is 2. The second-order valence-corrected chi connectivity index (χ2v) is 7.10. The van der Waals surface area contributed by atoms with Crippen LogP contribution in [0.15, 0.2) is 60.9 Å². The first-order chi connectivity index (χ1) is 14.6. The molecule has 0 spiro atoms. The minimum atomic E-state index is -0.148. The van der Waals surface area contributed by atoms with Crippen LogP contribution in [0.1, 0.15) is 13.8 Å². The summed E-state index contributed by atoms with van der Waals surface area (Å²) >= 11 is 0. The van der Waals surface area contributed by atoms with Gasteiger partial charge in [-0.2, -0.15) is 5.10 Å². The van der Waals surface area contributed by atoms with E-state index in [-0.39, 0.29) is 18.6 Å². The van der Waals surface area contributed by atoms with Crippen molar-refractivity contribution in [1.29, 1.82) is 0 Å². The number of amides is 1. The van der Waals surface area contributed by atoms with Gasteiger partial charge >= 0.3 is 0 Å². The van der Waals surface area contributed by atoms with Crippen LogP contribution in [0.3, 0.4) is 0 Å². The molecular weight excluding hydrogens is 380 g/mol. The van der Waals surface area contributed by atoms with E-state index in [0.29, 0.717) is 17.4 Å². The number of anilines is 2. The summed E-state index contributed by atoms with van der Waals surface area (Å²) < 4.78 is 5.52. The van der Waals surface area contributed by atoms with Crippen molar-refractivity contribution < 1.29 is 9.53 Å². The first kappa shape index (κ1) is 19.4. The summed E-state index contributed by atoms with van der Waals surface area (Å²) in [6.45, 7) is 3.80. The highest BCUT2D eigenvalue weighted by molar-refractivity contribution is 5.82. The molecule has 0 saturated heterocycles. The first-order valence-electron chi connectivity index (χ1n) is 9.62. The fraction of sp³-hybridized carbons (Fsp3) is 0.182. The van der Waals surface area contributed by atoms with E-state index in [9.17, 15) is 4.79 Å². The Morgan fingerprint density at radius 2 is 1.97 bits per heavy atom. The number of rotatable bonds is 7. The van der Waals surface area contributed by atoms with Gasteiger partial charge in [0.15, 0.2) is 12.4 Å². The number of aromatic amines is 1. The Hall–Kier alpha value is -3.94. The number of aromatic nitrogens is 4. The molecular formula is C22H22N6O2. The second-order valence-electron chi connectivity index (χ2n) is 7.10. The molecule has 0 bridgehead atoms. The quantitative estimate of drug-likeness (QED) is 0.436. The summed E-state index contributed by atoms with van der Waals surface area (Å²) in [6, 6.07) is 15.2. The van der Waals surface area contributed by atoms with Crippen molar-refractivity contribution in [2.45, 2.75) is 19.9 Å². The van der Waals surface area contributed by atoms with Crippen LogP contribution >= 0.6 is 0 Å². The third-order valence-electron chi connectivity index (χ3n) is 4.30. The van der Waals surface area contributed by atoms with E-state index >= 15 is 0 Å². The lowest BCUT2D eigenvalue weighted by molar-refractivity contribution is -0.123. The van der Waals surface area contributed by atoms with E-state index in [4.69, 9.17) is 4.74 Å². The van der Waals surface area contributed by atoms with Gasteiger partial charge in [-0.25, -0.2) is 9.97 Å². The number of hydrogen-bond donors (Lipinski definition) is 3. The van der Waals surface area contributed by atoms with Crippen LogP contribution in [0.5, 0.6) is 5.75 Å². The average molecular weight is 402 g/mol.